The molecule has 0 spiro atoms. The first-order valence-electron chi connectivity index (χ1n) is 5.20. The van der Waals surface area contributed by atoms with Crippen LogP contribution in [0.25, 0.3) is 0 Å². The van der Waals surface area contributed by atoms with Crippen LogP contribution < -0.4 is 5.43 Å². The number of ether oxygens (including phenoxy) is 1. The Kier molecular flexibility index (Phi) is 3.93. The van der Waals surface area contributed by atoms with Crippen molar-refractivity contribution in [3.05, 3.63) is 32.8 Å². The summed E-state index contributed by atoms with van der Waals surface area (Å²) < 4.78 is 5.90. The van der Waals surface area contributed by atoms with Crippen molar-refractivity contribution >= 4 is 27.3 Å². The SMILES string of the molecule is O=[N+]([O-])c1cc(Br)ccc1NN1CCOCC1. The molecule has 1 aromatic rings. The molecule has 2 rings (SSSR count). The standard InChI is InChI=1S/C10H12BrN3O3/c11-8-1-2-9(10(7-8)14(15)16)12-13-3-5-17-6-4-13/h1-2,7,12H,3-6H2. The maximum absolute atomic E-state index is 10.9. The van der Waals surface area contributed by atoms with E-state index in [4.69, 9.17) is 4.74 Å². The second kappa shape index (κ2) is 5.44. The van der Waals surface area contributed by atoms with E-state index in [1.165, 1.54) is 6.07 Å². The molecule has 1 aliphatic heterocycles. The fourth-order valence-electron chi connectivity index (χ4n) is 1.60. The topological polar surface area (TPSA) is 67.6 Å². The number of anilines is 1. The summed E-state index contributed by atoms with van der Waals surface area (Å²) in [5, 5.41) is 12.8. The van der Waals surface area contributed by atoms with Crippen LogP contribution in [0.15, 0.2) is 22.7 Å². The average Bonchev–Trinajstić information content (AvgIpc) is 2.32. The molecule has 17 heavy (non-hydrogen) atoms. The highest BCUT2D eigenvalue weighted by molar-refractivity contribution is 9.10. The fraction of sp³-hybridized carbons (Fsp3) is 0.400. The summed E-state index contributed by atoms with van der Waals surface area (Å²) in [4.78, 5) is 10.5. The Labute approximate surface area is 107 Å². The van der Waals surface area contributed by atoms with Crippen LogP contribution in [-0.4, -0.2) is 36.2 Å². The first-order valence-corrected chi connectivity index (χ1v) is 5.99. The van der Waals surface area contributed by atoms with E-state index in [-0.39, 0.29) is 5.69 Å². The third-order valence-electron chi connectivity index (χ3n) is 2.45. The minimum Gasteiger partial charge on any atom is -0.379 e. The lowest BCUT2D eigenvalue weighted by atomic mass is 10.3. The molecule has 1 aromatic carbocycles. The van der Waals surface area contributed by atoms with Crippen LogP contribution in [0.2, 0.25) is 0 Å². The molecule has 0 unspecified atom stereocenters. The highest BCUT2D eigenvalue weighted by Gasteiger charge is 2.17. The first kappa shape index (κ1) is 12.3. The van der Waals surface area contributed by atoms with Crippen LogP contribution in [0.1, 0.15) is 0 Å². The Morgan fingerprint density at radius 1 is 1.41 bits per heavy atom. The second-order valence-electron chi connectivity index (χ2n) is 3.63. The van der Waals surface area contributed by atoms with Crippen molar-refractivity contribution in [1.82, 2.24) is 5.01 Å². The molecule has 0 bridgehead atoms. The molecule has 1 saturated heterocycles. The van der Waals surface area contributed by atoms with Gasteiger partial charge in [-0.05, 0) is 12.1 Å². The van der Waals surface area contributed by atoms with Crippen molar-refractivity contribution in [2.75, 3.05) is 31.7 Å². The van der Waals surface area contributed by atoms with Gasteiger partial charge in [0.1, 0.15) is 5.69 Å². The molecule has 0 saturated carbocycles. The lowest BCUT2D eigenvalue weighted by molar-refractivity contribution is -0.384. The number of rotatable bonds is 3. The quantitative estimate of drug-likeness (QED) is 0.683. The van der Waals surface area contributed by atoms with Gasteiger partial charge in [-0.3, -0.25) is 10.1 Å². The molecular weight excluding hydrogens is 290 g/mol. The zero-order valence-electron chi connectivity index (χ0n) is 9.06. The number of nitrogens with one attached hydrogen (secondary N) is 1. The van der Waals surface area contributed by atoms with Gasteiger partial charge in [0.15, 0.2) is 0 Å². The summed E-state index contributed by atoms with van der Waals surface area (Å²) in [6.45, 7) is 2.70. The van der Waals surface area contributed by atoms with Crippen LogP contribution in [0, 0.1) is 10.1 Å². The third kappa shape index (κ3) is 3.15. The van der Waals surface area contributed by atoms with Gasteiger partial charge < -0.3 is 10.2 Å². The van der Waals surface area contributed by atoms with Crippen LogP contribution in [0.4, 0.5) is 11.4 Å². The van der Waals surface area contributed by atoms with Gasteiger partial charge in [0.25, 0.3) is 5.69 Å². The number of halogens is 1. The number of hydrogen-bond acceptors (Lipinski definition) is 5. The maximum Gasteiger partial charge on any atom is 0.294 e. The Balaban J connectivity index is 2.16. The normalized spacial score (nSPS) is 16.8. The first-order chi connectivity index (χ1) is 8.16. The van der Waals surface area contributed by atoms with Crippen molar-refractivity contribution in [3.63, 3.8) is 0 Å². The van der Waals surface area contributed by atoms with E-state index >= 15 is 0 Å². The van der Waals surface area contributed by atoms with Crippen LogP contribution in [0.5, 0.6) is 0 Å². The van der Waals surface area contributed by atoms with Crippen molar-refractivity contribution in [1.29, 1.82) is 0 Å². The van der Waals surface area contributed by atoms with Gasteiger partial charge in [0.2, 0.25) is 0 Å². The summed E-state index contributed by atoms with van der Waals surface area (Å²) >= 11 is 3.22. The molecule has 1 heterocycles. The smallest absolute Gasteiger partial charge is 0.294 e. The molecule has 1 aliphatic rings. The zero-order valence-corrected chi connectivity index (χ0v) is 10.6. The van der Waals surface area contributed by atoms with Gasteiger partial charge in [-0.2, -0.15) is 0 Å². The predicted molar refractivity (Wildman–Crippen MR) is 66.8 cm³/mol. The molecule has 1 fully saturated rings. The van der Waals surface area contributed by atoms with Crippen molar-refractivity contribution in [3.8, 4) is 0 Å². The van der Waals surface area contributed by atoms with E-state index in [0.29, 0.717) is 36.5 Å². The predicted octanol–water partition coefficient (Wildman–Crippen LogP) is 2.02. The number of benzene rings is 1. The Bertz CT molecular complexity index is 421. The van der Waals surface area contributed by atoms with Crippen LogP contribution in [0.3, 0.4) is 0 Å². The summed E-state index contributed by atoms with van der Waals surface area (Å²) in [5.74, 6) is 0. The molecule has 0 aliphatic carbocycles. The Morgan fingerprint density at radius 2 is 2.12 bits per heavy atom. The lowest BCUT2D eigenvalue weighted by Crippen LogP contribution is -2.40. The van der Waals surface area contributed by atoms with Gasteiger partial charge in [-0.15, -0.1) is 0 Å². The molecule has 6 nitrogen and oxygen atoms in total. The van der Waals surface area contributed by atoms with Gasteiger partial charge in [0, 0.05) is 23.6 Å². The van der Waals surface area contributed by atoms with Crippen LogP contribution in [-0.2, 0) is 4.74 Å². The van der Waals surface area contributed by atoms with Gasteiger partial charge in [-0.25, -0.2) is 5.01 Å². The molecule has 7 heteroatoms. The monoisotopic (exact) mass is 301 g/mol. The van der Waals surface area contributed by atoms with E-state index in [0.717, 1.165) is 0 Å². The molecule has 0 amide bonds. The summed E-state index contributed by atoms with van der Waals surface area (Å²) in [6.07, 6.45) is 0. The lowest BCUT2D eigenvalue weighted by Gasteiger charge is -2.27. The molecule has 0 atom stereocenters. The van der Waals surface area contributed by atoms with Crippen molar-refractivity contribution in [2.24, 2.45) is 0 Å². The molecule has 92 valence electrons. The third-order valence-corrected chi connectivity index (χ3v) is 2.94. The van der Waals surface area contributed by atoms with Crippen LogP contribution >= 0.6 is 15.9 Å². The number of nitrogens with zero attached hydrogens (tertiary/aromatic N) is 2. The van der Waals surface area contributed by atoms with Crippen molar-refractivity contribution < 1.29 is 9.66 Å². The average molecular weight is 302 g/mol. The molecule has 1 N–H and O–H groups in total. The molecule has 0 aromatic heterocycles. The second-order valence-corrected chi connectivity index (χ2v) is 4.55. The number of nitro groups is 1. The maximum atomic E-state index is 10.9. The number of hydrazine groups is 1. The minimum atomic E-state index is -0.395. The summed E-state index contributed by atoms with van der Waals surface area (Å²) in [6, 6.07) is 4.95. The van der Waals surface area contributed by atoms with Gasteiger partial charge >= 0.3 is 0 Å². The summed E-state index contributed by atoms with van der Waals surface area (Å²) in [7, 11) is 0. The highest BCUT2D eigenvalue weighted by atomic mass is 79.9. The largest absolute Gasteiger partial charge is 0.379 e. The minimum absolute atomic E-state index is 0.0610. The van der Waals surface area contributed by atoms with E-state index in [9.17, 15) is 10.1 Å². The van der Waals surface area contributed by atoms with Crippen molar-refractivity contribution in [2.45, 2.75) is 0 Å². The Hall–Kier alpha value is -1.18. The van der Waals surface area contributed by atoms with Gasteiger partial charge in [0.05, 0.1) is 18.1 Å². The van der Waals surface area contributed by atoms with E-state index < -0.39 is 4.92 Å². The van der Waals surface area contributed by atoms with E-state index in [1.807, 2.05) is 5.01 Å². The molecule has 0 radical (unpaired) electrons. The highest BCUT2D eigenvalue weighted by Crippen LogP contribution is 2.28. The number of hydrogen-bond donors (Lipinski definition) is 1. The van der Waals surface area contributed by atoms with Gasteiger partial charge in [-0.1, -0.05) is 15.9 Å². The number of nitro benzene ring substituents is 1. The molecular formula is C10H12BrN3O3. The summed E-state index contributed by atoms with van der Waals surface area (Å²) in [5.41, 5.74) is 3.61. The number of morpholine rings is 1. The Morgan fingerprint density at radius 3 is 2.76 bits per heavy atom. The van der Waals surface area contributed by atoms with E-state index in [2.05, 4.69) is 21.4 Å². The van der Waals surface area contributed by atoms with E-state index in [1.54, 1.807) is 12.1 Å². The fourth-order valence-corrected chi connectivity index (χ4v) is 1.94. The zero-order chi connectivity index (χ0) is 12.3.